The fourth-order valence-corrected chi connectivity index (χ4v) is 3.54. The summed E-state index contributed by atoms with van der Waals surface area (Å²) in [6, 6.07) is 5.67. The van der Waals surface area contributed by atoms with Crippen LogP contribution in [0.4, 0.5) is 0 Å². The van der Waals surface area contributed by atoms with Crippen molar-refractivity contribution in [3.05, 3.63) is 28.8 Å². The maximum absolute atomic E-state index is 12.3. The summed E-state index contributed by atoms with van der Waals surface area (Å²) in [5, 5.41) is 0.675. The molecule has 2 heterocycles. The van der Waals surface area contributed by atoms with Crippen LogP contribution in [0.5, 0.6) is 5.75 Å². The minimum Gasteiger partial charge on any atom is -0.491 e. The van der Waals surface area contributed by atoms with Crippen LogP contribution in [0.15, 0.2) is 18.2 Å². The van der Waals surface area contributed by atoms with Gasteiger partial charge in [0.2, 0.25) is 5.91 Å². The van der Waals surface area contributed by atoms with Crippen molar-refractivity contribution in [3.63, 3.8) is 0 Å². The smallest absolute Gasteiger partial charge is 0.236 e. The van der Waals surface area contributed by atoms with Crippen LogP contribution in [0.2, 0.25) is 5.02 Å². The highest BCUT2D eigenvalue weighted by molar-refractivity contribution is 6.30. The molecule has 6 nitrogen and oxygen atoms in total. The molecule has 2 aliphatic heterocycles. The molecule has 0 radical (unpaired) electrons. The van der Waals surface area contributed by atoms with E-state index in [1.165, 1.54) is 0 Å². The Hall–Kier alpha value is -1.34. The van der Waals surface area contributed by atoms with Crippen molar-refractivity contribution in [3.8, 4) is 5.75 Å². The summed E-state index contributed by atoms with van der Waals surface area (Å²) < 4.78 is 16.7. The molecule has 1 atom stereocenters. The molecule has 2 aliphatic rings. The number of carbonyl (C=O) groups is 1. The van der Waals surface area contributed by atoms with Crippen LogP contribution in [0.25, 0.3) is 0 Å². The molecule has 2 fully saturated rings. The summed E-state index contributed by atoms with van der Waals surface area (Å²) in [4.78, 5) is 16.3. The van der Waals surface area contributed by atoms with Crippen LogP contribution >= 0.6 is 11.6 Å². The van der Waals surface area contributed by atoms with E-state index in [1.54, 1.807) is 7.11 Å². The van der Waals surface area contributed by atoms with E-state index >= 15 is 0 Å². The molecule has 2 saturated heterocycles. The van der Waals surface area contributed by atoms with Gasteiger partial charge in [-0.1, -0.05) is 11.6 Å². The van der Waals surface area contributed by atoms with E-state index in [0.29, 0.717) is 37.9 Å². The molecule has 1 aromatic carbocycles. The number of hydrogen-bond acceptors (Lipinski definition) is 5. The highest BCUT2D eigenvalue weighted by atomic mass is 35.5. The van der Waals surface area contributed by atoms with Crippen LogP contribution < -0.4 is 4.74 Å². The lowest BCUT2D eigenvalue weighted by Crippen LogP contribution is -2.50. The van der Waals surface area contributed by atoms with Gasteiger partial charge in [0, 0.05) is 50.5 Å². The molecule has 1 amide bonds. The van der Waals surface area contributed by atoms with Crippen LogP contribution in [0.1, 0.15) is 18.4 Å². The lowest BCUT2D eigenvalue weighted by Gasteiger charge is -2.34. The van der Waals surface area contributed by atoms with Gasteiger partial charge in [0.25, 0.3) is 0 Å². The fourth-order valence-electron chi connectivity index (χ4n) is 3.34. The predicted molar refractivity (Wildman–Crippen MR) is 99.7 cm³/mol. The zero-order chi connectivity index (χ0) is 18.4. The van der Waals surface area contributed by atoms with Crippen LogP contribution in [-0.2, 0) is 20.8 Å². The standard InChI is InChI=1S/C19H27ClN2O4/c1-24-10-8-22-7-6-21(13-19(22)23)12-15-11-16(20)4-5-18(15)26-14-17-3-2-9-25-17/h4-5,11,17H,2-3,6-10,12-14H2,1H3. The molecule has 0 spiro atoms. The molecule has 0 aliphatic carbocycles. The maximum Gasteiger partial charge on any atom is 0.236 e. The third-order valence-corrected chi connectivity index (χ3v) is 5.06. The van der Waals surface area contributed by atoms with Gasteiger partial charge < -0.3 is 19.1 Å². The molecule has 1 aromatic rings. The molecule has 26 heavy (non-hydrogen) atoms. The minimum atomic E-state index is 0.136. The first-order chi connectivity index (χ1) is 12.7. The summed E-state index contributed by atoms with van der Waals surface area (Å²) in [5.41, 5.74) is 1.01. The van der Waals surface area contributed by atoms with Crippen molar-refractivity contribution < 1.29 is 19.0 Å². The number of hydrogen-bond donors (Lipinski definition) is 0. The topological polar surface area (TPSA) is 51.2 Å². The van der Waals surface area contributed by atoms with E-state index in [1.807, 2.05) is 23.1 Å². The van der Waals surface area contributed by atoms with Gasteiger partial charge in [-0.05, 0) is 31.0 Å². The first-order valence-corrected chi connectivity index (χ1v) is 9.55. The van der Waals surface area contributed by atoms with Crippen LogP contribution in [0.3, 0.4) is 0 Å². The first-order valence-electron chi connectivity index (χ1n) is 9.17. The molecule has 0 aromatic heterocycles. The van der Waals surface area contributed by atoms with Gasteiger partial charge in [-0.15, -0.1) is 0 Å². The Morgan fingerprint density at radius 2 is 2.23 bits per heavy atom. The second-order valence-electron chi connectivity index (χ2n) is 6.78. The first kappa shape index (κ1) is 19.4. The molecule has 1 unspecified atom stereocenters. The monoisotopic (exact) mass is 382 g/mol. The van der Waals surface area contributed by atoms with E-state index in [4.69, 9.17) is 25.8 Å². The van der Waals surface area contributed by atoms with Crippen molar-refractivity contribution in [2.75, 3.05) is 53.1 Å². The molecule has 144 valence electrons. The van der Waals surface area contributed by atoms with Crippen LogP contribution in [-0.4, -0.2) is 74.9 Å². The number of piperazine rings is 1. The predicted octanol–water partition coefficient (Wildman–Crippen LogP) is 2.19. The zero-order valence-electron chi connectivity index (χ0n) is 15.3. The molecule has 3 rings (SSSR count). The highest BCUT2D eigenvalue weighted by Crippen LogP contribution is 2.26. The van der Waals surface area contributed by atoms with Gasteiger partial charge in [0.15, 0.2) is 0 Å². The number of benzene rings is 1. The maximum atomic E-state index is 12.3. The number of amides is 1. The summed E-state index contributed by atoms with van der Waals surface area (Å²) in [6.07, 6.45) is 2.31. The summed E-state index contributed by atoms with van der Waals surface area (Å²) >= 11 is 6.18. The second kappa shape index (κ2) is 9.55. The number of halogens is 1. The molecular weight excluding hydrogens is 356 g/mol. The number of ether oxygens (including phenoxy) is 3. The van der Waals surface area contributed by atoms with E-state index in [9.17, 15) is 4.79 Å². The quantitative estimate of drug-likeness (QED) is 0.689. The SMILES string of the molecule is COCCN1CCN(Cc2cc(Cl)ccc2OCC2CCCO2)CC1=O. The number of rotatable bonds is 8. The zero-order valence-corrected chi connectivity index (χ0v) is 16.0. The van der Waals surface area contributed by atoms with E-state index in [2.05, 4.69) is 4.90 Å². The van der Waals surface area contributed by atoms with Crippen LogP contribution in [0, 0.1) is 0 Å². The third-order valence-electron chi connectivity index (χ3n) is 4.83. The molecule has 0 N–H and O–H groups in total. The lowest BCUT2D eigenvalue weighted by molar-refractivity contribution is -0.136. The average molecular weight is 383 g/mol. The number of nitrogens with zero attached hydrogens (tertiary/aromatic N) is 2. The van der Waals surface area contributed by atoms with E-state index in [-0.39, 0.29) is 12.0 Å². The van der Waals surface area contributed by atoms with Crippen molar-refractivity contribution in [1.29, 1.82) is 0 Å². The Morgan fingerprint density at radius 1 is 1.35 bits per heavy atom. The van der Waals surface area contributed by atoms with Crippen molar-refractivity contribution in [2.45, 2.75) is 25.5 Å². The fraction of sp³-hybridized carbons (Fsp3) is 0.632. The van der Waals surface area contributed by atoms with Gasteiger partial charge in [0.05, 0.1) is 19.3 Å². The Labute approximate surface area is 159 Å². The van der Waals surface area contributed by atoms with Gasteiger partial charge in [-0.25, -0.2) is 0 Å². The van der Waals surface area contributed by atoms with Gasteiger partial charge in [-0.2, -0.15) is 0 Å². The largest absolute Gasteiger partial charge is 0.491 e. The molecule has 0 bridgehead atoms. The van der Waals surface area contributed by atoms with E-state index in [0.717, 1.165) is 43.9 Å². The highest BCUT2D eigenvalue weighted by Gasteiger charge is 2.24. The third kappa shape index (κ3) is 5.33. The Kier molecular flexibility index (Phi) is 7.14. The Balaban J connectivity index is 1.58. The Morgan fingerprint density at radius 3 is 2.96 bits per heavy atom. The van der Waals surface area contributed by atoms with Crippen molar-refractivity contribution in [1.82, 2.24) is 9.80 Å². The van der Waals surface area contributed by atoms with Gasteiger partial charge in [-0.3, -0.25) is 9.69 Å². The lowest BCUT2D eigenvalue weighted by atomic mass is 10.1. The van der Waals surface area contributed by atoms with Gasteiger partial charge >= 0.3 is 0 Å². The second-order valence-corrected chi connectivity index (χ2v) is 7.22. The minimum absolute atomic E-state index is 0.136. The molecular formula is C19H27ClN2O4. The Bertz CT molecular complexity index is 607. The summed E-state index contributed by atoms with van der Waals surface area (Å²) in [7, 11) is 1.65. The average Bonchev–Trinajstić information content (AvgIpc) is 3.14. The summed E-state index contributed by atoms with van der Waals surface area (Å²) in [6.45, 7) is 5.18. The number of carbonyl (C=O) groups excluding carboxylic acids is 1. The van der Waals surface area contributed by atoms with Crippen molar-refractivity contribution in [2.24, 2.45) is 0 Å². The van der Waals surface area contributed by atoms with Crippen molar-refractivity contribution >= 4 is 17.5 Å². The molecule has 7 heteroatoms. The normalized spacial score (nSPS) is 21.4. The van der Waals surface area contributed by atoms with Gasteiger partial charge in [0.1, 0.15) is 12.4 Å². The number of methoxy groups -OCH3 is 1. The molecule has 0 saturated carbocycles. The van der Waals surface area contributed by atoms with E-state index < -0.39 is 0 Å². The summed E-state index contributed by atoms with van der Waals surface area (Å²) in [5.74, 6) is 0.955.